The Hall–Kier alpha value is -3.45. The summed E-state index contributed by atoms with van der Waals surface area (Å²) in [6, 6.07) is 21.8. The van der Waals surface area contributed by atoms with E-state index in [0.29, 0.717) is 5.16 Å². The molecule has 1 N–H and O–H groups in total. The SMILES string of the molecule is Cc1ccc(C)c(NC(=O)[C@H](Sc2nnnn2-c2cccc(C)c2C)c2ccccc2)c1. The average Bonchev–Trinajstić information content (AvgIpc) is 3.25. The van der Waals surface area contributed by atoms with Crippen LogP contribution in [0, 0.1) is 27.7 Å². The number of hydrogen-bond acceptors (Lipinski definition) is 5. The van der Waals surface area contributed by atoms with Gasteiger partial charge in [-0.05, 0) is 78.1 Å². The molecular formula is C25H25N5OS. The van der Waals surface area contributed by atoms with Gasteiger partial charge in [0.2, 0.25) is 11.1 Å². The summed E-state index contributed by atoms with van der Waals surface area (Å²) in [6.45, 7) is 8.10. The molecule has 4 aromatic rings. The lowest BCUT2D eigenvalue weighted by molar-refractivity contribution is -0.115. The zero-order valence-electron chi connectivity index (χ0n) is 18.5. The fourth-order valence-electron chi connectivity index (χ4n) is 3.44. The molecule has 0 radical (unpaired) electrons. The van der Waals surface area contributed by atoms with Crippen LogP contribution in [0.3, 0.4) is 0 Å². The molecule has 7 heteroatoms. The van der Waals surface area contributed by atoms with Crippen LogP contribution in [0.25, 0.3) is 5.69 Å². The number of carbonyl (C=O) groups excluding carboxylic acids is 1. The molecule has 4 rings (SSSR count). The lowest BCUT2D eigenvalue weighted by Crippen LogP contribution is -2.20. The molecule has 0 aliphatic rings. The summed E-state index contributed by atoms with van der Waals surface area (Å²) in [6.07, 6.45) is 0. The number of carbonyl (C=O) groups is 1. The highest BCUT2D eigenvalue weighted by Gasteiger charge is 2.26. The van der Waals surface area contributed by atoms with Crippen LogP contribution < -0.4 is 5.32 Å². The molecular weight excluding hydrogens is 418 g/mol. The van der Waals surface area contributed by atoms with Crippen LogP contribution in [-0.2, 0) is 4.79 Å². The van der Waals surface area contributed by atoms with E-state index in [4.69, 9.17) is 0 Å². The van der Waals surface area contributed by atoms with Crippen molar-refractivity contribution in [3.05, 3.63) is 94.5 Å². The number of nitrogens with one attached hydrogen (secondary N) is 1. The zero-order valence-corrected chi connectivity index (χ0v) is 19.4. The first-order chi connectivity index (χ1) is 15.4. The first kappa shape index (κ1) is 21.8. The largest absolute Gasteiger partial charge is 0.325 e. The van der Waals surface area contributed by atoms with Crippen molar-refractivity contribution in [3.63, 3.8) is 0 Å². The van der Waals surface area contributed by atoms with Gasteiger partial charge in [0.1, 0.15) is 5.25 Å². The van der Waals surface area contributed by atoms with Gasteiger partial charge in [-0.25, -0.2) is 0 Å². The third-order valence-electron chi connectivity index (χ3n) is 5.46. The zero-order chi connectivity index (χ0) is 22.7. The number of hydrogen-bond donors (Lipinski definition) is 1. The second-order valence-corrected chi connectivity index (χ2v) is 8.88. The Morgan fingerprint density at radius 1 is 0.938 bits per heavy atom. The van der Waals surface area contributed by atoms with E-state index in [2.05, 4.69) is 33.8 Å². The van der Waals surface area contributed by atoms with Crippen molar-refractivity contribution in [1.29, 1.82) is 0 Å². The molecule has 6 nitrogen and oxygen atoms in total. The number of tetrazole rings is 1. The third-order valence-corrected chi connectivity index (χ3v) is 6.65. The standard InChI is InChI=1S/C25H25N5OS/c1-16-13-14-18(3)21(15-16)26-24(31)23(20-10-6-5-7-11-20)32-25-27-28-29-30(25)22-12-8-9-17(2)19(22)4/h5-15,23H,1-4H3,(H,26,31)/t23-/m1/s1. The van der Waals surface area contributed by atoms with Gasteiger partial charge in [0.15, 0.2) is 0 Å². The maximum Gasteiger partial charge on any atom is 0.242 e. The van der Waals surface area contributed by atoms with Gasteiger partial charge in [0.25, 0.3) is 0 Å². The fraction of sp³-hybridized carbons (Fsp3) is 0.200. The second-order valence-electron chi connectivity index (χ2n) is 7.81. The van der Waals surface area contributed by atoms with Crippen molar-refractivity contribution in [2.75, 3.05) is 5.32 Å². The summed E-state index contributed by atoms with van der Waals surface area (Å²) in [5, 5.41) is 15.5. The highest BCUT2D eigenvalue weighted by molar-refractivity contribution is 8.00. The smallest absolute Gasteiger partial charge is 0.242 e. The van der Waals surface area contributed by atoms with Gasteiger partial charge in [-0.1, -0.05) is 66.4 Å². The maximum absolute atomic E-state index is 13.5. The van der Waals surface area contributed by atoms with Gasteiger partial charge in [-0.2, -0.15) is 4.68 Å². The quantitative estimate of drug-likeness (QED) is 0.406. The van der Waals surface area contributed by atoms with E-state index >= 15 is 0 Å². The molecule has 0 aliphatic carbocycles. The van der Waals surface area contributed by atoms with E-state index in [1.165, 1.54) is 11.8 Å². The van der Waals surface area contributed by atoms with Crippen LogP contribution in [-0.4, -0.2) is 26.1 Å². The van der Waals surface area contributed by atoms with Gasteiger partial charge in [0.05, 0.1) is 5.69 Å². The van der Waals surface area contributed by atoms with Crippen LogP contribution in [0.5, 0.6) is 0 Å². The predicted octanol–water partition coefficient (Wildman–Crippen LogP) is 5.37. The predicted molar refractivity (Wildman–Crippen MR) is 128 cm³/mol. The average molecular weight is 444 g/mol. The minimum Gasteiger partial charge on any atom is -0.325 e. The second kappa shape index (κ2) is 9.36. The monoisotopic (exact) mass is 443 g/mol. The number of aryl methyl sites for hydroxylation is 3. The van der Waals surface area contributed by atoms with Crippen molar-refractivity contribution in [1.82, 2.24) is 20.2 Å². The molecule has 1 heterocycles. The minimum atomic E-state index is -0.522. The minimum absolute atomic E-state index is 0.120. The first-order valence-electron chi connectivity index (χ1n) is 10.4. The van der Waals surface area contributed by atoms with Crippen molar-refractivity contribution >= 4 is 23.4 Å². The van der Waals surface area contributed by atoms with E-state index in [9.17, 15) is 4.79 Å². The molecule has 0 saturated carbocycles. The lowest BCUT2D eigenvalue weighted by atomic mass is 10.1. The van der Waals surface area contributed by atoms with Gasteiger partial charge >= 0.3 is 0 Å². The number of aromatic nitrogens is 4. The molecule has 0 unspecified atom stereocenters. The molecule has 1 atom stereocenters. The highest BCUT2D eigenvalue weighted by Crippen LogP contribution is 2.36. The first-order valence-corrected chi connectivity index (χ1v) is 11.3. The van der Waals surface area contributed by atoms with Crippen molar-refractivity contribution in [3.8, 4) is 5.69 Å². The van der Waals surface area contributed by atoms with Gasteiger partial charge in [-0.3, -0.25) is 4.79 Å². The Bertz CT molecular complexity index is 1250. The topological polar surface area (TPSA) is 72.7 Å². The highest BCUT2D eigenvalue weighted by atomic mass is 32.2. The van der Waals surface area contributed by atoms with Crippen LogP contribution >= 0.6 is 11.8 Å². The Morgan fingerprint density at radius 2 is 1.72 bits per heavy atom. The van der Waals surface area contributed by atoms with Crippen LogP contribution in [0.1, 0.15) is 33.1 Å². The molecule has 1 amide bonds. The molecule has 0 fully saturated rings. The summed E-state index contributed by atoms with van der Waals surface area (Å²) in [4.78, 5) is 13.5. The number of thioether (sulfide) groups is 1. The lowest BCUT2D eigenvalue weighted by Gasteiger charge is -2.18. The Labute approximate surface area is 192 Å². The van der Waals surface area contributed by atoms with E-state index in [1.54, 1.807) is 4.68 Å². The van der Waals surface area contributed by atoms with Crippen molar-refractivity contribution in [2.24, 2.45) is 0 Å². The Morgan fingerprint density at radius 3 is 2.50 bits per heavy atom. The van der Waals surface area contributed by atoms with E-state index in [1.807, 2.05) is 81.4 Å². The normalized spacial score (nSPS) is 11.9. The number of nitrogens with zero attached hydrogens (tertiary/aromatic N) is 4. The number of amides is 1. The number of rotatable bonds is 6. The molecule has 3 aromatic carbocycles. The summed E-state index contributed by atoms with van der Waals surface area (Å²) in [5.74, 6) is -0.120. The summed E-state index contributed by atoms with van der Waals surface area (Å²) in [7, 11) is 0. The van der Waals surface area contributed by atoms with Crippen molar-refractivity contribution in [2.45, 2.75) is 38.1 Å². The van der Waals surface area contributed by atoms with Gasteiger partial charge in [-0.15, -0.1) is 5.10 Å². The van der Waals surface area contributed by atoms with Crippen LogP contribution in [0.15, 0.2) is 71.9 Å². The Kier molecular flexibility index (Phi) is 6.37. The molecule has 1 aromatic heterocycles. The molecule has 0 spiro atoms. The van der Waals surface area contributed by atoms with Crippen molar-refractivity contribution < 1.29 is 4.79 Å². The number of benzene rings is 3. The van der Waals surface area contributed by atoms with E-state index < -0.39 is 5.25 Å². The summed E-state index contributed by atoms with van der Waals surface area (Å²) < 4.78 is 1.70. The fourth-order valence-corrected chi connectivity index (χ4v) is 4.43. The number of anilines is 1. The Balaban J connectivity index is 1.69. The van der Waals surface area contributed by atoms with Gasteiger partial charge < -0.3 is 5.32 Å². The molecule has 0 aliphatic heterocycles. The molecule has 162 valence electrons. The maximum atomic E-state index is 13.5. The molecule has 32 heavy (non-hydrogen) atoms. The molecule has 0 bridgehead atoms. The van der Waals surface area contributed by atoms with E-state index in [0.717, 1.165) is 39.2 Å². The van der Waals surface area contributed by atoms with Gasteiger partial charge in [0, 0.05) is 5.69 Å². The summed E-state index contributed by atoms with van der Waals surface area (Å²) >= 11 is 1.34. The third kappa shape index (κ3) is 4.57. The van der Waals surface area contributed by atoms with E-state index in [-0.39, 0.29) is 5.91 Å². The summed E-state index contributed by atoms with van der Waals surface area (Å²) in [5.41, 5.74) is 6.95. The van der Waals surface area contributed by atoms with Crippen LogP contribution in [0.4, 0.5) is 5.69 Å². The van der Waals surface area contributed by atoms with Crippen LogP contribution in [0.2, 0.25) is 0 Å². The molecule has 0 saturated heterocycles.